The Balaban J connectivity index is 1.99. The van der Waals surface area contributed by atoms with Gasteiger partial charge >= 0.3 is 5.97 Å². The van der Waals surface area contributed by atoms with Crippen LogP contribution in [0, 0.1) is 0 Å². The Morgan fingerprint density at radius 1 is 0.444 bits per heavy atom. The van der Waals surface area contributed by atoms with Gasteiger partial charge in [-0.1, -0.05) is 301 Å². The lowest BCUT2D eigenvalue weighted by Crippen LogP contribution is -2.60. The van der Waals surface area contributed by atoms with Crippen molar-refractivity contribution in [2.24, 2.45) is 0 Å². The van der Waals surface area contributed by atoms with Crippen LogP contribution in [0.25, 0.3) is 0 Å². The van der Waals surface area contributed by atoms with Crippen LogP contribution in [0.1, 0.15) is 335 Å². The van der Waals surface area contributed by atoms with Gasteiger partial charge in [0.15, 0.2) is 6.29 Å². The van der Waals surface area contributed by atoms with E-state index >= 15 is 0 Å². The van der Waals surface area contributed by atoms with E-state index < -0.39 is 49.5 Å². The molecule has 1 fully saturated rings. The average molecular weight is 1150 g/mol. The van der Waals surface area contributed by atoms with Gasteiger partial charge in [0.25, 0.3) is 0 Å². The summed E-state index contributed by atoms with van der Waals surface area (Å²) in [7, 11) is 0. The lowest BCUT2D eigenvalue weighted by molar-refractivity contribution is -0.302. The summed E-state index contributed by atoms with van der Waals surface area (Å²) in [5.74, 6) is -0.183. The van der Waals surface area contributed by atoms with Crippen molar-refractivity contribution >= 4 is 11.9 Å². The minimum absolute atomic E-state index is 0.00915. The second-order valence-electron chi connectivity index (χ2n) is 24.2. The van der Waals surface area contributed by atoms with Crippen LogP contribution in [0.2, 0.25) is 0 Å². The van der Waals surface area contributed by atoms with Gasteiger partial charge in [0, 0.05) is 12.8 Å². The van der Waals surface area contributed by atoms with Gasteiger partial charge in [0.05, 0.1) is 32.0 Å². The van der Waals surface area contributed by atoms with E-state index in [1.807, 2.05) is 6.08 Å². The van der Waals surface area contributed by atoms with Crippen molar-refractivity contribution in [1.29, 1.82) is 0 Å². The van der Waals surface area contributed by atoms with Gasteiger partial charge in [0.2, 0.25) is 5.91 Å². The molecule has 1 aliphatic rings. The molecule has 0 aliphatic carbocycles. The molecule has 6 N–H and O–H groups in total. The molecule has 81 heavy (non-hydrogen) atoms. The first-order valence-electron chi connectivity index (χ1n) is 34.8. The SMILES string of the molecule is CCCCCC/C=C/CC/C=C/CC/C=C/C(O)C(COC1OC(CO)C(O)C(O)C1O)NC(=O)CCCCCCCCCCCCCCCCCCCCCCCCCCCCCCOC(=O)CCCCCCCCCCCCC. The first kappa shape index (κ1) is 76.9. The molecule has 1 saturated heterocycles. The first-order chi connectivity index (χ1) is 39.7. The van der Waals surface area contributed by atoms with Gasteiger partial charge in [0.1, 0.15) is 24.4 Å². The minimum Gasteiger partial charge on any atom is -0.466 e. The third kappa shape index (κ3) is 48.8. The smallest absolute Gasteiger partial charge is 0.305 e. The van der Waals surface area contributed by atoms with Gasteiger partial charge in [-0.05, 0) is 57.8 Å². The van der Waals surface area contributed by atoms with Crippen molar-refractivity contribution in [2.75, 3.05) is 19.8 Å². The van der Waals surface area contributed by atoms with Crippen LogP contribution >= 0.6 is 0 Å². The number of hydrogen-bond acceptors (Lipinski definition) is 10. The maximum Gasteiger partial charge on any atom is 0.305 e. The van der Waals surface area contributed by atoms with Crippen LogP contribution in [-0.2, 0) is 23.8 Å². The topological polar surface area (TPSA) is 175 Å². The van der Waals surface area contributed by atoms with E-state index in [9.17, 15) is 35.1 Å². The molecule has 1 aliphatic heterocycles. The number of amides is 1. The molecular weight excluding hydrogens is 1010 g/mol. The molecule has 0 spiro atoms. The third-order valence-electron chi connectivity index (χ3n) is 16.5. The summed E-state index contributed by atoms with van der Waals surface area (Å²) < 4.78 is 16.7. The molecule has 11 nitrogen and oxygen atoms in total. The van der Waals surface area contributed by atoms with Crippen LogP contribution < -0.4 is 5.32 Å². The van der Waals surface area contributed by atoms with Gasteiger partial charge in [-0.2, -0.15) is 0 Å². The monoisotopic (exact) mass is 1150 g/mol. The lowest BCUT2D eigenvalue weighted by Gasteiger charge is -2.40. The van der Waals surface area contributed by atoms with E-state index in [1.165, 1.54) is 244 Å². The van der Waals surface area contributed by atoms with E-state index in [-0.39, 0.29) is 18.5 Å². The van der Waals surface area contributed by atoms with Crippen molar-refractivity contribution < 1.29 is 49.3 Å². The van der Waals surface area contributed by atoms with E-state index in [0.29, 0.717) is 19.4 Å². The van der Waals surface area contributed by atoms with Crippen LogP contribution in [0.3, 0.4) is 0 Å². The molecule has 1 rings (SSSR count). The Bertz CT molecular complexity index is 1440. The van der Waals surface area contributed by atoms with E-state index in [2.05, 4.69) is 43.5 Å². The summed E-state index contributed by atoms with van der Waals surface area (Å²) >= 11 is 0. The summed E-state index contributed by atoms with van der Waals surface area (Å²) in [5, 5.41) is 54.5. The number of aliphatic hydroxyl groups excluding tert-OH is 5. The Hall–Kier alpha value is -2.12. The highest BCUT2D eigenvalue weighted by molar-refractivity contribution is 5.76. The molecular formula is C70H131NO10. The quantitative estimate of drug-likeness (QED) is 0.0195. The number of carbonyl (C=O) groups is 2. The third-order valence-corrected chi connectivity index (χ3v) is 16.5. The Kier molecular flexibility index (Phi) is 56.6. The number of allylic oxidation sites excluding steroid dienone is 5. The Morgan fingerprint density at radius 3 is 1.22 bits per heavy atom. The van der Waals surface area contributed by atoms with Crippen molar-refractivity contribution in [2.45, 2.75) is 378 Å². The van der Waals surface area contributed by atoms with E-state index in [0.717, 1.165) is 64.2 Å². The number of esters is 1. The van der Waals surface area contributed by atoms with Crippen LogP contribution in [-0.4, -0.2) is 100 Å². The highest BCUT2D eigenvalue weighted by Crippen LogP contribution is 2.23. The second kappa shape index (κ2) is 59.6. The summed E-state index contributed by atoms with van der Waals surface area (Å²) in [6.45, 7) is 4.33. The predicted molar refractivity (Wildman–Crippen MR) is 338 cm³/mol. The number of carbonyl (C=O) groups excluding carboxylic acids is 2. The molecule has 476 valence electrons. The fraction of sp³-hybridized carbons (Fsp3) is 0.886. The predicted octanol–water partition coefficient (Wildman–Crippen LogP) is 17.4. The number of hydrogen-bond donors (Lipinski definition) is 6. The standard InChI is InChI=1S/C70H131NO10/c1-3-5-7-9-11-13-15-16-33-37-40-44-48-52-56-63(73)62(61-80-70-69(78)68(77)67(76)64(60-72)81-70)71-65(74)57-53-49-45-41-38-34-31-29-27-25-23-21-19-17-18-20-22-24-26-28-30-32-35-39-43-47-51-55-59-79-66(75)58-54-50-46-42-36-14-12-10-8-6-4-2/h13,15,37,40,52,56,62-64,67-70,72-73,76-78H,3-12,14,16-36,38-39,41-51,53-55,57-61H2,1-2H3,(H,71,74)/b15-13+,40-37+,56-52+. The zero-order valence-electron chi connectivity index (χ0n) is 52.8. The molecule has 0 aromatic rings. The van der Waals surface area contributed by atoms with Gasteiger partial charge < -0.3 is 45.1 Å². The number of aliphatic hydroxyl groups is 5. The highest BCUT2D eigenvalue weighted by Gasteiger charge is 2.44. The highest BCUT2D eigenvalue weighted by atomic mass is 16.7. The molecule has 11 heteroatoms. The number of ether oxygens (including phenoxy) is 3. The van der Waals surface area contributed by atoms with Crippen molar-refractivity contribution in [3.63, 3.8) is 0 Å². The normalized spacial score (nSPS) is 18.4. The van der Waals surface area contributed by atoms with Crippen LogP contribution in [0.4, 0.5) is 0 Å². The molecule has 0 aromatic carbocycles. The van der Waals surface area contributed by atoms with Gasteiger partial charge in [-0.3, -0.25) is 9.59 Å². The molecule has 7 unspecified atom stereocenters. The number of nitrogens with one attached hydrogen (secondary N) is 1. The second-order valence-corrected chi connectivity index (χ2v) is 24.2. The first-order valence-corrected chi connectivity index (χ1v) is 34.8. The maximum atomic E-state index is 13.1. The van der Waals surface area contributed by atoms with Crippen molar-refractivity contribution in [3.05, 3.63) is 36.5 Å². The zero-order chi connectivity index (χ0) is 58.7. The largest absolute Gasteiger partial charge is 0.466 e. The summed E-state index contributed by atoms with van der Waals surface area (Å²) in [4.78, 5) is 25.1. The Labute approximate surface area is 498 Å². The zero-order valence-corrected chi connectivity index (χ0v) is 52.8. The molecule has 0 aromatic heterocycles. The molecule has 0 radical (unpaired) electrons. The Morgan fingerprint density at radius 2 is 0.802 bits per heavy atom. The molecule has 0 bridgehead atoms. The van der Waals surface area contributed by atoms with Gasteiger partial charge in [-0.25, -0.2) is 0 Å². The molecule has 1 amide bonds. The van der Waals surface area contributed by atoms with Crippen LogP contribution in [0.15, 0.2) is 36.5 Å². The molecule has 0 saturated carbocycles. The van der Waals surface area contributed by atoms with E-state index in [1.54, 1.807) is 6.08 Å². The number of rotatable bonds is 61. The summed E-state index contributed by atoms with van der Waals surface area (Å²) in [6.07, 6.45) is 65.6. The summed E-state index contributed by atoms with van der Waals surface area (Å²) in [5.41, 5.74) is 0. The van der Waals surface area contributed by atoms with E-state index in [4.69, 9.17) is 14.2 Å². The fourth-order valence-corrected chi connectivity index (χ4v) is 11.0. The fourth-order valence-electron chi connectivity index (χ4n) is 11.0. The lowest BCUT2D eigenvalue weighted by atomic mass is 9.99. The molecule has 7 atom stereocenters. The maximum absolute atomic E-state index is 13.1. The number of unbranched alkanes of at least 4 members (excludes halogenated alkanes) is 43. The van der Waals surface area contributed by atoms with Crippen molar-refractivity contribution in [1.82, 2.24) is 5.32 Å². The average Bonchev–Trinajstić information content (AvgIpc) is 3.49. The summed E-state index contributed by atoms with van der Waals surface area (Å²) in [6, 6.07) is -0.832. The molecule has 1 heterocycles. The van der Waals surface area contributed by atoms with Crippen molar-refractivity contribution in [3.8, 4) is 0 Å². The van der Waals surface area contributed by atoms with Gasteiger partial charge in [-0.15, -0.1) is 0 Å². The minimum atomic E-state index is -1.58. The van der Waals surface area contributed by atoms with Crippen LogP contribution in [0.5, 0.6) is 0 Å².